The molecular weight excluding hydrogens is 254 g/mol. The van der Waals surface area contributed by atoms with E-state index in [9.17, 15) is 9.59 Å². The zero-order valence-electron chi connectivity index (χ0n) is 12.0. The lowest BCUT2D eigenvalue weighted by molar-refractivity contribution is -0.138. The van der Waals surface area contributed by atoms with Gasteiger partial charge in [-0.25, -0.2) is 0 Å². The van der Waals surface area contributed by atoms with Gasteiger partial charge in [-0.3, -0.25) is 9.59 Å². The molecule has 2 bridgehead atoms. The summed E-state index contributed by atoms with van der Waals surface area (Å²) in [5.74, 6) is 1.89. The van der Waals surface area contributed by atoms with E-state index < -0.39 is 5.91 Å². The smallest absolute Gasteiger partial charge is 0.237 e. The second-order valence-electron chi connectivity index (χ2n) is 6.77. The van der Waals surface area contributed by atoms with Gasteiger partial charge < -0.3 is 16.0 Å². The van der Waals surface area contributed by atoms with Crippen LogP contribution in [0.5, 0.6) is 0 Å². The Morgan fingerprint density at radius 2 is 2.05 bits per heavy atom. The van der Waals surface area contributed by atoms with Gasteiger partial charge in [0.25, 0.3) is 0 Å². The maximum Gasteiger partial charge on any atom is 0.237 e. The van der Waals surface area contributed by atoms with Gasteiger partial charge >= 0.3 is 0 Å². The number of amides is 2. The first-order valence-electron chi connectivity index (χ1n) is 7.92. The van der Waals surface area contributed by atoms with Crippen LogP contribution < -0.4 is 11.1 Å². The van der Waals surface area contributed by atoms with Gasteiger partial charge in [0.2, 0.25) is 11.8 Å². The summed E-state index contributed by atoms with van der Waals surface area (Å²) in [6, 6.07) is 0.147. The molecule has 20 heavy (non-hydrogen) atoms. The molecule has 3 N–H and O–H groups in total. The third-order valence-corrected chi connectivity index (χ3v) is 5.44. The molecule has 112 valence electrons. The molecule has 1 heterocycles. The van der Waals surface area contributed by atoms with E-state index >= 15 is 0 Å². The molecule has 2 amide bonds. The molecule has 4 atom stereocenters. The molecule has 4 unspecified atom stereocenters. The van der Waals surface area contributed by atoms with Crippen LogP contribution in [-0.4, -0.2) is 42.4 Å². The highest BCUT2D eigenvalue weighted by molar-refractivity contribution is 5.84. The van der Waals surface area contributed by atoms with E-state index in [1.54, 1.807) is 4.90 Å². The molecule has 0 aromatic heterocycles. The van der Waals surface area contributed by atoms with E-state index in [0.717, 1.165) is 31.3 Å². The summed E-state index contributed by atoms with van der Waals surface area (Å²) in [6.45, 7) is 1.78. The third kappa shape index (κ3) is 2.82. The highest BCUT2D eigenvalue weighted by Crippen LogP contribution is 2.49. The summed E-state index contributed by atoms with van der Waals surface area (Å²) in [5.41, 5.74) is 5.31. The molecule has 0 spiro atoms. The van der Waals surface area contributed by atoms with Gasteiger partial charge in [0.15, 0.2) is 0 Å². The van der Waals surface area contributed by atoms with E-state index in [0.29, 0.717) is 12.3 Å². The van der Waals surface area contributed by atoms with Crippen molar-refractivity contribution < 1.29 is 9.59 Å². The van der Waals surface area contributed by atoms with Crippen LogP contribution in [0.25, 0.3) is 0 Å². The Balaban J connectivity index is 1.60. The lowest BCUT2D eigenvalue weighted by Gasteiger charge is -2.30. The van der Waals surface area contributed by atoms with Crippen LogP contribution in [0.15, 0.2) is 0 Å². The van der Waals surface area contributed by atoms with E-state index in [2.05, 4.69) is 5.32 Å². The predicted molar refractivity (Wildman–Crippen MR) is 75.7 cm³/mol. The number of carbonyl (C=O) groups is 2. The predicted octanol–water partition coefficient (Wildman–Crippen LogP) is 0.488. The number of nitrogens with one attached hydrogen (secondary N) is 1. The average Bonchev–Trinajstić information content (AvgIpc) is 3.12. The van der Waals surface area contributed by atoms with Crippen LogP contribution in [-0.2, 0) is 9.59 Å². The highest BCUT2D eigenvalue weighted by Gasteiger charge is 2.41. The van der Waals surface area contributed by atoms with Crippen molar-refractivity contribution in [3.05, 3.63) is 0 Å². The first-order valence-corrected chi connectivity index (χ1v) is 7.92. The Labute approximate surface area is 120 Å². The summed E-state index contributed by atoms with van der Waals surface area (Å²) in [5, 5.41) is 3.26. The first-order chi connectivity index (χ1) is 9.63. The fourth-order valence-corrected chi connectivity index (χ4v) is 4.46. The Morgan fingerprint density at radius 1 is 1.20 bits per heavy atom. The lowest BCUT2D eigenvalue weighted by Crippen LogP contribution is -2.46. The second kappa shape index (κ2) is 5.72. The Bertz CT molecular complexity index is 393. The molecule has 0 aromatic carbocycles. The van der Waals surface area contributed by atoms with Crippen LogP contribution in [0.1, 0.15) is 38.5 Å². The number of hydrogen-bond donors (Lipinski definition) is 2. The molecule has 1 saturated heterocycles. The highest BCUT2D eigenvalue weighted by atomic mass is 16.2. The minimum atomic E-state index is -0.404. The summed E-state index contributed by atoms with van der Waals surface area (Å²) in [4.78, 5) is 25.6. The second-order valence-corrected chi connectivity index (χ2v) is 6.77. The Hall–Kier alpha value is -1.10. The molecule has 0 aromatic rings. The molecule has 2 saturated carbocycles. The molecule has 1 aliphatic heterocycles. The fraction of sp³-hybridized carbons (Fsp3) is 0.867. The lowest BCUT2D eigenvalue weighted by atomic mass is 9.86. The number of fused-ring (bicyclic) bond motifs is 2. The minimum absolute atomic E-state index is 0.0754. The summed E-state index contributed by atoms with van der Waals surface area (Å²) in [6.07, 6.45) is 6.72. The number of nitrogens with two attached hydrogens (primary N) is 1. The van der Waals surface area contributed by atoms with Crippen molar-refractivity contribution in [3.8, 4) is 0 Å². The third-order valence-electron chi connectivity index (χ3n) is 5.44. The number of nitrogens with zero attached hydrogens (tertiary/aromatic N) is 1. The van der Waals surface area contributed by atoms with Crippen molar-refractivity contribution >= 4 is 11.8 Å². The van der Waals surface area contributed by atoms with Crippen molar-refractivity contribution in [2.24, 2.45) is 23.5 Å². The van der Waals surface area contributed by atoms with Crippen LogP contribution in [0, 0.1) is 17.8 Å². The van der Waals surface area contributed by atoms with Gasteiger partial charge in [-0.2, -0.15) is 0 Å². The average molecular weight is 279 g/mol. The molecule has 3 aliphatic rings. The topological polar surface area (TPSA) is 75.4 Å². The maximum atomic E-state index is 12.6. The van der Waals surface area contributed by atoms with E-state index in [1.807, 2.05) is 0 Å². The van der Waals surface area contributed by atoms with Crippen molar-refractivity contribution in [2.45, 2.75) is 44.6 Å². The summed E-state index contributed by atoms with van der Waals surface area (Å²) in [7, 11) is 0. The Morgan fingerprint density at radius 3 is 2.60 bits per heavy atom. The molecule has 3 fully saturated rings. The molecule has 2 aliphatic carbocycles. The van der Waals surface area contributed by atoms with Gasteiger partial charge in [0, 0.05) is 19.0 Å². The van der Waals surface area contributed by atoms with Gasteiger partial charge in [-0.15, -0.1) is 0 Å². The monoisotopic (exact) mass is 279 g/mol. The molecule has 3 rings (SSSR count). The van der Waals surface area contributed by atoms with Crippen molar-refractivity contribution in [1.29, 1.82) is 0 Å². The van der Waals surface area contributed by atoms with Crippen molar-refractivity contribution in [1.82, 2.24) is 10.2 Å². The molecule has 5 nitrogen and oxygen atoms in total. The summed E-state index contributed by atoms with van der Waals surface area (Å²) < 4.78 is 0. The number of carbonyl (C=O) groups excluding carboxylic acids is 2. The molecule has 0 radical (unpaired) electrons. The zero-order valence-corrected chi connectivity index (χ0v) is 12.0. The number of hydrogen-bond acceptors (Lipinski definition) is 3. The van der Waals surface area contributed by atoms with Crippen LogP contribution in [0.2, 0.25) is 0 Å². The maximum absolute atomic E-state index is 12.6. The van der Waals surface area contributed by atoms with Gasteiger partial charge in [-0.1, -0.05) is 6.42 Å². The number of primary amides is 1. The first kappa shape index (κ1) is 13.9. The molecular formula is C15H25N3O2. The zero-order chi connectivity index (χ0) is 14.1. The van der Waals surface area contributed by atoms with E-state index in [-0.39, 0.29) is 18.5 Å². The van der Waals surface area contributed by atoms with E-state index in [4.69, 9.17) is 5.73 Å². The van der Waals surface area contributed by atoms with Crippen LogP contribution in [0.4, 0.5) is 0 Å². The van der Waals surface area contributed by atoms with Gasteiger partial charge in [-0.05, 0) is 50.0 Å². The largest absolute Gasteiger partial charge is 0.368 e. The normalized spacial score (nSPS) is 35.4. The SMILES string of the molecule is NC(=O)CN(C(=O)CC1CC2CCC1C2)C1CCNC1. The van der Waals surface area contributed by atoms with Crippen LogP contribution in [0.3, 0.4) is 0 Å². The fourth-order valence-electron chi connectivity index (χ4n) is 4.46. The minimum Gasteiger partial charge on any atom is -0.368 e. The van der Waals surface area contributed by atoms with E-state index in [1.165, 1.54) is 25.7 Å². The van der Waals surface area contributed by atoms with Crippen molar-refractivity contribution in [3.63, 3.8) is 0 Å². The van der Waals surface area contributed by atoms with Crippen molar-refractivity contribution in [2.75, 3.05) is 19.6 Å². The summed E-state index contributed by atoms with van der Waals surface area (Å²) >= 11 is 0. The number of rotatable bonds is 5. The van der Waals surface area contributed by atoms with Gasteiger partial charge in [0.05, 0.1) is 6.54 Å². The quantitative estimate of drug-likeness (QED) is 0.769. The van der Waals surface area contributed by atoms with Gasteiger partial charge in [0.1, 0.15) is 0 Å². The molecule has 5 heteroatoms. The standard InChI is InChI=1S/C15H25N3O2/c16-14(19)9-18(13-3-4-17-8-13)15(20)7-12-6-10-1-2-11(12)5-10/h10-13,17H,1-9H2,(H2,16,19). The van der Waals surface area contributed by atoms with Crippen LogP contribution >= 0.6 is 0 Å². The Kier molecular flexibility index (Phi) is 3.96.